The van der Waals surface area contributed by atoms with Crippen molar-refractivity contribution in [1.29, 1.82) is 0 Å². The van der Waals surface area contributed by atoms with Crippen LogP contribution in [0.1, 0.15) is 43.2 Å². The second-order valence-corrected chi connectivity index (χ2v) is 6.15. The number of rotatable bonds is 5. The van der Waals surface area contributed by atoms with Crippen molar-refractivity contribution < 1.29 is 5.11 Å². The van der Waals surface area contributed by atoms with Crippen molar-refractivity contribution in [3.8, 4) is 0 Å². The van der Waals surface area contributed by atoms with Crippen LogP contribution in [0.4, 0.5) is 5.82 Å². The summed E-state index contributed by atoms with van der Waals surface area (Å²) in [5, 5.41) is 12.0. The minimum absolute atomic E-state index is 0.240. The van der Waals surface area contributed by atoms with Gasteiger partial charge < -0.3 is 10.4 Å². The number of nitrogens with one attached hydrogen (secondary N) is 1. The molecule has 0 atom stereocenters. The zero-order valence-corrected chi connectivity index (χ0v) is 14.9. The Hall–Kier alpha value is -2.27. The first-order valence-corrected chi connectivity index (χ1v) is 8.97. The number of benzene rings is 1. The minimum atomic E-state index is 0.240. The third-order valence-electron chi connectivity index (χ3n) is 4.20. The average molecular weight is 340 g/mol. The Balaban J connectivity index is 0.000000212. The predicted octanol–water partition coefficient (Wildman–Crippen LogP) is 3.49. The number of hydrogen-bond donors (Lipinski definition) is 2. The van der Waals surface area contributed by atoms with Crippen molar-refractivity contribution in [2.45, 2.75) is 44.6 Å². The van der Waals surface area contributed by atoms with Crippen molar-refractivity contribution in [2.75, 3.05) is 19.0 Å². The molecular weight excluding hydrogens is 312 g/mol. The van der Waals surface area contributed by atoms with Crippen LogP contribution in [0.2, 0.25) is 0 Å². The molecule has 1 aliphatic rings. The van der Waals surface area contributed by atoms with Crippen LogP contribution in [0.5, 0.6) is 0 Å². The van der Waals surface area contributed by atoms with E-state index in [0.29, 0.717) is 6.04 Å². The van der Waals surface area contributed by atoms with Gasteiger partial charge in [0.25, 0.3) is 0 Å². The molecule has 25 heavy (non-hydrogen) atoms. The highest BCUT2D eigenvalue weighted by molar-refractivity contribution is 5.85. The Labute approximate surface area is 150 Å². The fourth-order valence-corrected chi connectivity index (χ4v) is 2.91. The van der Waals surface area contributed by atoms with Crippen LogP contribution in [0.15, 0.2) is 47.8 Å². The highest BCUT2D eigenvalue weighted by atomic mass is 16.2. The van der Waals surface area contributed by atoms with Gasteiger partial charge in [-0.1, -0.05) is 49.6 Å². The van der Waals surface area contributed by atoms with Crippen LogP contribution in [0.25, 0.3) is 0 Å². The first-order valence-electron chi connectivity index (χ1n) is 8.97. The Morgan fingerprint density at radius 1 is 1.20 bits per heavy atom. The molecule has 1 aliphatic carbocycles. The normalized spacial score (nSPS) is 14.8. The maximum absolute atomic E-state index is 8.52. The van der Waals surface area contributed by atoms with Crippen LogP contribution in [0, 0.1) is 0 Å². The third-order valence-corrected chi connectivity index (χ3v) is 4.20. The maximum Gasteiger partial charge on any atom is 0.138 e. The highest BCUT2D eigenvalue weighted by Crippen LogP contribution is 2.21. The molecule has 1 heterocycles. The molecular formula is C20H28N4O. The minimum Gasteiger partial charge on any atom is -0.396 e. The summed E-state index contributed by atoms with van der Waals surface area (Å²) < 4.78 is 0. The van der Waals surface area contributed by atoms with Gasteiger partial charge in [0.2, 0.25) is 0 Å². The van der Waals surface area contributed by atoms with Crippen molar-refractivity contribution in [1.82, 2.24) is 9.97 Å². The average Bonchev–Trinajstić information content (AvgIpc) is 2.66. The summed E-state index contributed by atoms with van der Waals surface area (Å²) in [6, 6.07) is 10.5. The van der Waals surface area contributed by atoms with Gasteiger partial charge in [-0.2, -0.15) is 0 Å². The molecule has 0 aliphatic heterocycles. The molecule has 0 saturated heterocycles. The van der Waals surface area contributed by atoms with Crippen molar-refractivity contribution in [2.24, 2.45) is 4.99 Å². The number of hydrogen-bond acceptors (Lipinski definition) is 5. The quantitative estimate of drug-likeness (QED) is 0.818. The number of aliphatic hydroxyl groups excluding tert-OH is 1. The molecule has 5 heteroatoms. The van der Waals surface area contributed by atoms with E-state index in [-0.39, 0.29) is 6.61 Å². The summed E-state index contributed by atoms with van der Waals surface area (Å²) in [5.41, 5.74) is 2.16. The van der Waals surface area contributed by atoms with Crippen molar-refractivity contribution in [3.05, 3.63) is 54.0 Å². The van der Waals surface area contributed by atoms with E-state index in [1.807, 2.05) is 30.3 Å². The van der Waals surface area contributed by atoms with E-state index in [4.69, 9.17) is 5.11 Å². The summed E-state index contributed by atoms with van der Waals surface area (Å²) in [7, 11) is 1.76. The van der Waals surface area contributed by atoms with Crippen LogP contribution in [-0.4, -0.2) is 41.0 Å². The summed E-state index contributed by atoms with van der Waals surface area (Å²) in [6.07, 6.45) is 12.4. The van der Waals surface area contributed by atoms with Gasteiger partial charge in [0.1, 0.15) is 12.1 Å². The van der Waals surface area contributed by atoms with E-state index in [9.17, 15) is 0 Å². The maximum atomic E-state index is 8.52. The van der Waals surface area contributed by atoms with E-state index >= 15 is 0 Å². The highest BCUT2D eigenvalue weighted by Gasteiger charge is 2.14. The molecule has 0 radical (unpaired) electrons. The van der Waals surface area contributed by atoms with Crippen LogP contribution >= 0.6 is 0 Å². The van der Waals surface area contributed by atoms with E-state index < -0.39 is 0 Å². The largest absolute Gasteiger partial charge is 0.396 e. The van der Waals surface area contributed by atoms with Gasteiger partial charge in [0.15, 0.2) is 0 Å². The lowest BCUT2D eigenvalue weighted by Crippen LogP contribution is -2.23. The Kier molecular flexibility index (Phi) is 8.63. The Bertz CT molecular complexity index is 625. The van der Waals surface area contributed by atoms with Crippen LogP contribution < -0.4 is 5.32 Å². The molecule has 2 aromatic rings. The zero-order chi connectivity index (χ0) is 17.7. The third kappa shape index (κ3) is 7.01. The SMILES string of the molecule is CN=Cc1cncnc1NC1CCCCC1.OCCc1ccccc1. The molecule has 5 nitrogen and oxygen atoms in total. The first-order chi connectivity index (χ1) is 12.3. The summed E-state index contributed by atoms with van der Waals surface area (Å²) >= 11 is 0. The van der Waals surface area contributed by atoms with Gasteiger partial charge in [-0.15, -0.1) is 0 Å². The molecule has 2 N–H and O–H groups in total. The smallest absolute Gasteiger partial charge is 0.138 e. The number of aliphatic imine (C=N–C) groups is 1. The Morgan fingerprint density at radius 2 is 1.96 bits per heavy atom. The standard InChI is InChI=1S/C12H18N4.C8H10O/c1-13-7-10-8-14-9-15-12(10)16-11-5-3-2-4-6-11;9-7-6-8-4-2-1-3-5-8/h7-9,11H,2-6H2,1H3,(H,14,15,16);1-5,9H,6-7H2. The lowest BCUT2D eigenvalue weighted by atomic mass is 9.95. The molecule has 134 valence electrons. The van der Waals surface area contributed by atoms with Gasteiger partial charge in [-0.25, -0.2) is 9.97 Å². The zero-order valence-electron chi connectivity index (χ0n) is 14.9. The van der Waals surface area contributed by atoms with E-state index in [0.717, 1.165) is 17.8 Å². The molecule has 0 bridgehead atoms. The summed E-state index contributed by atoms with van der Waals surface area (Å²) in [6.45, 7) is 0.240. The fraction of sp³-hybridized carbons (Fsp3) is 0.450. The van der Waals surface area contributed by atoms with Gasteiger partial charge in [-0.3, -0.25) is 4.99 Å². The molecule has 0 amide bonds. The van der Waals surface area contributed by atoms with Crippen LogP contribution in [-0.2, 0) is 6.42 Å². The monoisotopic (exact) mass is 340 g/mol. The molecule has 0 spiro atoms. The molecule has 1 fully saturated rings. The lowest BCUT2D eigenvalue weighted by Gasteiger charge is -2.23. The van der Waals surface area contributed by atoms with Crippen molar-refractivity contribution in [3.63, 3.8) is 0 Å². The van der Waals surface area contributed by atoms with E-state index in [1.165, 1.54) is 37.7 Å². The summed E-state index contributed by atoms with van der Waals surface area (Å²) in [5.74, 6) is 0.910. The number of aliphatic hydroxyl groups is 1. The van der Waals surface area contributed by atoms with E-state index in [1.54, 1.807) is 25.8 Å². The number of aromatic nitrogens is 2. The topological polar surface area (TPSA) is 70.4 Å². The molecule has 3 rings (SSSR count). The fourth-order valence-electron chi connectivity index (χ4n) is 2.91. The van der Waals surface area contributed by atoms with Gasteiger partial charge in [0, 0.05) is 32.1 Å². The molecule has 0 unspecified atom stereocenters. The van der Waals surface area contributed by atoms with Gasteiger partial charge >= 0.3 is 0 Å². The molecule has 1 saturated carbocycles. The molecule has 1 aromatic heterocycles. The molecule has 1 aromatic carbocycles. The second kappa shape index (κ2) is 11.3. The predicted molar refractivity (Wildman–Crippen MR) is 103 cm³/mol. The van der Waals surface area contributed by atoms with Gasteiger partial charge in [0.05, 0.1) is 5.56 Å². The number of anilines is 1. The van der Waals surface area contributed by atoms with Gasteiger partial charge in [-0.05, 0) is 24.8 Å². The first kappa shape index (κ1) is 19.1. The summed E-state index contributed by atoms with van der Waals surface area (Å²) in [4.78, 5) is 12.3. The van der Waals surface area contributed by atoms with Crippen molar-refractivity contribution >= 4 is 12.0 Å². The Morgan fingerprint density at radius 3 is 2.64 bits per heavy atom. The lowest BCUT2D eigenvalue weighted by molar-refractivity contribution is 0.299. The van der Waals surface area contributed by atoms with E-state index in [2.05, 4.69) is 20.3 Å². The second-order valence-electron chi connectivity index (χ2n) is 6.15. The number of nitrogens with zero attached hydrogens (tertiary/aromatic N) is 3. The van der Waals surface area contributed by atoms with Crippen LogP contribution in [0.3, 0.4) is 0 Å².